The maximum absolute atomic E-state index is 13.4. The fraction of sp³-hybridized carbons (Fsp3) is 0.611. The Bertz CT molecular complexity index is 522. The Kier molecular flexibility index (Phi) is 4.77. The van der Waals surface area contributed by atoms with Crippen LogP contribution in [0, 0.1) is 11.7 Å². The van der Waals surface area contributed by atoms with E-state index in [1.165, 1.54) is 12.1 Å². The fourth-order valence-electron chi connectivity index (χ4n) is 3.65. The molecule has 1 aromatic rings. The zero-order chi connectivity index (χ0) is 15.5. The van der Waals surface area contributed by atoms with E-state index >= 15 is 0 Å². The Labute approximate surface area is 131 Å². The van der Waals surface area contributed by atoms with E-state index in [0.717, 1.165) is 44.9 Å². The Morgan fingerprint density at radius 2 is 1.77 bits per heavy atom. The van der Waals surface area contributed by atoms with E-state index in [2.05, 4.69) is 0 Å². The van der Waals surface area contributed by atoms with Gasteiger partial charge in [0.1, 0.15) is 5.82 Å². The molecule has 0 aromatic heterocycles. The van der Waals surface area contributed by atoms with Crippen LogP contribution in [0.5, 0.6) is 0 Å². The van der Waals surface area contributed by atoms with Crippen LogP contribution in [0.15, 0.2) is 24.3 Å². The molecule has 0 spiro atoms. The second kappa shape index (κ2) is 6.78. The summed E-state index contributed by atoms with van der Waals surface area (Å²) in [5.41, 5.74) is 0.462. The predicted octanol–water partition coefficient (Wildman–Crippen LogP) is 3.37. The number of rotatable bonds is 5. The molecule has 120 valence electrons. The SMILES string of the molecule is O=C(c1cccc(F)c1)N(C1CCC(CCO)CC1)C1CC1. The first-order valence-corrected chi connectivity index (χ1v) is 8.38. The van der Waals surface area contributed by atoms with Crippen LogP contribution in [0.25, 0.3) is 0 Å². The van der Waals surface area contributed by atoms with Crippen LogP contribution in [-0.4, -0.2) is 34.6 Å². The molecule has 3 nitrogen and oxygen atoms in total. The summed E-state index contributed by atoms with van der Waals surface area (Å²) in [4.78, 5) is 14.8. The number of hydrogen-bond acceptors (Lipinski definition) is 2. The Morgan fingerprint density at radius 3 is 2.32 bits per heavy atom. The average molecular weight is 305 g/mol. The van der Waals surface area contributed by atoms with Crippen LogP contribution >= 0.6 is 0 Å². The molecular formula is C18H24FNO2. The van der Waals surface area contributed by atoms with Gasteiger partial charge in [0.15, 0.2) is 0 Å². The third-order valence-electron chi connectivity index (χ3n) is 4.99. The summed E-state index contributed by atoms with van der Waals surface area (Å²) in [7, 11) is 0. The molecule has 22 heavy (non-hydrogen) atoms. The maximum atomic E-state index is 13.4. The molecule has 4 heteroatoms. The fourth-order valence-corrected chi connectivity index (χ4v) is 3.65. The van der Waals surface area contributed by atoms with E-state index in [1.807, 2.05) is 4.90 Å². The van der Waals surface area contributed by atoms with Gasteiger partial charge in [-0.25, -0.2) is 4.39 Å². The number of amides is 1. The summed E-state index contributed by atoms with van der Waals surface area (Å²) in [5, 5.41) is 9.05. The number of halogens is 1. The first kappa shape index (κ1) is 15.5. The lowest BCUT2D eigenvalue weighted by atomic mass is 9.83. The van der Waals surface area contributed by atoms with Gasteiger partial charge in [-0.05, 0) is 69.1 Å². The molecule has 3 rings (SSSR count). The first-order chi connectivity index (χ1) is 10.7. The first-order valence-electron chi connectivity index (χ1n) is 8.38. The number of carbonyl (C=O) groups excluding carboxylic acids is 1. The second-order valence-electron chi connectivity index (χ2n) is 6.64. The van der Waals surface area contributed by atoms with Crippen molar-refractivity contribution in [3.8, 4) is 0 Å². The molecule has 1 N–H and O–H groups in total. The van der Waals surface area contributed by atoms with Crippen molar-refractivity contribution in [1.82, 2.24) is 4.90 Å². The van der Waals surface area contributed by atoms with Crippen LogP contribution in [0.3, 0.4) is 0 Å². The van der Waals surface area contributed by atoms with Crippen molar-refractivity contribution in [2.45, 2.75) is 57.0 Å². The van der Waals surface area contributed by atoms with Crippen molar-refractivity contribution < 1.29 is 14.3 Å². The molecule has 0 atom stereocenters. The Balaban J connectivity index is 1.70. The summed E-state index contributed by atoms with van der Waals surface area (Å²) in [6.07, 6.45) is 7.16. The van der Waals surface area contributed by atoms with Gasteiger partial charge in [0.25, 0.3) is 5.91 Å². The van der Waals surface area contributed by atoms with Gasteiger partial charge < -0.3 is 10.0 Å². The van der Waals surface area contributed by atoms with Gasteiger partial charge in [-0.1, -0.05) is 6.07 Å². The van der Waals surface area contributed by atoms with Crippen LogP contribution in [0.1, 0.15) is 55.3 Å². The van der Waals surface area contributed by atoms with Crippen LogP contribution < -0.4 is 0 Å². The van der Waals surface area contributed by atoms with E-state index in [0.29, 0.717) is 17.5 Å². The lowest BCUT2D eigenvalue weighted by molar-refractivity contribution is 0.0578. The highest BCUT2D eigenvalue weighted by atomic mass is 19.1. The molecule has 0 bridgehead atoms. The molecule has 2 aliphatic rings. The Hall–Kier alpha value is -1.42. The number of aliphatic hydroxyl groups excluding tert-OH is 1. The molecular weight excluding hydrogens is 281 g/mol. The normalized spacial score (nSPS) is 25.0. The van der Waals surface area contributed by atoms with Gasteiger partial charge in [-0.3, -0.25) is 4.79 Å². The van der Waals surface area contributed by atoms with Crippen molar-refractivity contribution in [1.29, 1.82) is 0 Å². The van der Waals surface area contributed by atoms with E-state index < -0.39 is 0 Å². The molecule has 1 aromatic carbocycles. The molecule has 2 aliphatic carbocycles. The minimum absolute atomic E-state index is 0.0207. The molecule has 2 fully saturated rings. The Morgan fingerprint density at radius 1 is 1.14 bits per heavy atom. The second-order valence-corrected chi connectivity index (χ2v) is 6.64. The largest absolute Gasteiger partial charge is 0.396 e. The van der Waals surface area contributed by atoms with Crippen molar-refractivity contribution in [2.75, 3.05) is 6.61 Å². The number of carbonyl (C=O) groups is 1. The molecule has 0 radical (unpaired) electrons. The summed E-state index contributed by atoms with van der Waals surface area (Å²) in [5.74, 6) is 0.215. The minimum Gasteiger partial charge on any atom is -0.396 e. The monoisotopic (exact) mass is 305 g/mol. The van der Waals surface area contributed by atoms with Crippen LogP contribution in [-0.2, 0) is 0 Å². The predicted molar refractivity (Wildman–Crippen MR) is 83.0 cm³/mol. The standard InChI is InChI=1S/C18H24FNO2/c19-15-3-1-2-14(12-15)18(22)20(17-8-9-17)16-6-4-13(5-7-16)10-11-21/h1-3,12-13,16-17,21H,4-11H2. The summed E-state index contributed by atoms with van der Waals surface area (Å²) < 4.78 is 13.4. The highest BCUT2D eigenvalue weighted by Gasteiger charge is 2.39. The van der Waals surface area contributed by atoms with Gasteiger partial charge in [-0.15, -0.1) is 0 Å². The third-order valence-corrected chi connectivity index (χ3v) is 4.99. The van der Waals surface area contributed by atoms with Crippen LogP contribution in [0.2, 0.25) is 0 Å². The van der Waals surface area contributed by atoms with Gasteiger partial charge >= 0.3 is 0 Å². The van der Waals surface area contributed by atoms with Crippen molar-refractivity contribution in [3.63, 3.8) is 0 Å². The van der Waals surface area contributed by atoms with Gasteiger partial charge in [0.05, 0.1) is 0 Å². The van der Waals surface area contributed by atoms with Crippen molar-refractivity contribution in [3.05, 3.63) is 35.6 Å². The summed E-state index contributed by atoms with van der Waals surface area (Å²) >= 11 is 0. The minimum atomic E-state index is -0.353. The number of nitrogens with zero attached hydrogens (tertiary/aromatic N) is 1. The zero-order valence-corrected chi connectivity index (χ0v) is 12.9. The van der Waals surface area contributed by atoms with E-state index in [1.54, 1.807) is 12.1 Å². The lowest BCUT2D eigenvalue weighted by Gasteiger charge is -2.37. The molecule has 1 amide bonds. The van der Waals surface area contributed by atoms with Gasteiger partial charge in [0, 0.05) is 24.3 Å². The quantitative estimate of drug-likeness (QED) is 0.906. The molecule has 0 saturated heterocycles. The molecule has 2 saturated carbocycles. The lowest BCUT2D eigenvalue weighted by Crippen LogP contribution is -2.44. The highest BCUT2D eigenvalue weighted by Crippen LogP contribution is 2.37. The summed E-state index contributed by atoms with van der Waals surface area (Å²) in [6.45, 7) is 0.254. The molecule has 0 aliphatic heterocycles. The van der Waals surface area contributed by atoms with E-state index in [9.17, 15) is 9.18 Å². The number of hydrogen-bond donors (Lipinski definition) is 1. The van der Waals surface area contributed by atoms with E-state index in [-0.39, 0.29) is 24.4 Å². The van der Waals surface area contributed by atoms with Crippen molar-refractivity contribution >= 4 is 5.91 Å². The number of aliphatic hydroxyl groups is 1. The maximum Gasteiger partial charge on any atom is 0.254 e. The van der Waals surface area contributed by atoms with Gasteiger partial charge in [-0.2, -0.15) is 0 Å². The van der Waals surface area contributed by atoms with Crippen LogP contribution in [0.4, 0.5) is 4.39 Å². The highest BCUT2D eigenvalue weighted by molar-refractivity contribution is 5.94. The van der Waals surface area contributed by atoms with Crippen molar-refractivity contribution in [2.24, 2.45) is 5.92 Å². The smallest absolute Gasteiger partial charge is 0.254 e. The summed E-state index contributed by atoms with van der Waals surface area (Å²) in [6, 6.07) is 6.64. The number of benzene rings is 1. The zero-order valence-electron chi connectivity index (χ0n) is 12.9. The third kappa shape index (κ3) is 3.49. The average Bonchev–Trinajstić information content (AvgIpc) is 3.34. The topological polar surface area (TPSA) is 40.5 Å². The van der Waals surface area contributed by atoms with Gasteiger partial charge in [0.2, 0.25) is 0 Å². The van der Waals surface area contributed by atoms with E-state index in [4.69, 9.17) is 5.11 Å². The molecule has 0 unspecified atom stereocenters. The molecule has 0 heterocycles.